The molecule has 0 atom stereocenters. The van der Waals surface area contributed by atoms with Crippen molar-refractivity contribution in [1.82, 2.24) is 0 Å². The van der Waals surface area contributed by atoms with Gasteiger partial charge in [-0.2, -0.15) is 5.06 Å². The van der Waals surface area contributed by atoms with Crippen LogP contribution in [0.3, 0.4) is 0 Å². The lowest BCUT2D eigenvalue weighted by molar-refractivity contribution is 0.0855. The van der Waals surface area contributed by atoms with Crippen LogP contribution in [0, 0.1) is 6.92 Å². The minimum Gasteiger partial charge on any atom is -0.281 e. The summed E-state index contributed by atoms with van der Waals surface area (Å²) < 4.78 is 0. The van der Waals surface area contributed by atoms with Gasteiger partial charge in [0.2, 0.25) is 0 Å². The Bertz CT molecular complexity index is 566. The van der Waals surface area contributed by atoms with Crippen LogP contribution in [0.5, 0.6) is 0 Å². The number of hydrogen-bond donors (Lipinski definition) is 1. The molecule has 2 aromatic carbocycles. The average molecular weight is 262 g/mol. The fourth-order valence-electron chi connectivity index (χ4n) is 1.54. The van der Waals surface area contributed by atoms with Gasteiger partial charge in [0.1, 0.15) is 0 Å². The van der Waals surface area contributed by atoms with Crippen molar-refractivity contribution in [1.29, 1.82) is 0 Å². The lowest BCUT2D eigenvalue weighted by Gasteiger charge is -2.15. The normalized spacial score (nSPS) is 10.2. The molecule has 92 valence electrons. The Morgan fingerprint density at radius 3 is 2.44 bits per heavy atom. The van der Waals surface area contributed by atoms with E-state index in [2.05, 4.69) is 0 Å². The molecule has 3 nitrogen and oxygen atoms in total. The van der Waals surface area contributed by atoms with Crippen molar-refractivity contribution in [3.63, 3.8) is 0 Å². The van der Waals surface area contributed by atoms with E-state index in [-0.39, 0.29) is 0 Å². The third-order valence-corrected chi connectivity index (χ3v) is 2.78. The molecule has 0 bridgehead atoms. The summed E-state index contributed by atoms with van der Waals surface area (Å²) in [5.74, 6) is -0.489. The molecule has 4 heteroatoms. The van der Waals surface area contributed by atoms with Crippen LogP contribution in [-0.2, 0) is 0 Å². The van der Waals surface area contributed by atoms with Crippen LogP contribution in [0.2, 0.25) is 5.02 Å². The molecule has 2 rings (SSSR count). The van der Waals surface area contributed by atoms with Crippen LogP contribution in [-0.4, -0.2) is 11.1 Å². The summed E-state index contributed by atoms with van der Waals surface area (Å²) >= 11 is 5.81. The number of benzene rings is 2. The van der Waals surface area contributed by atoms with Crippen molar-refractivity contribution in [3.05, 3.63) is 64.7 Å². The molecule has 0 saturated carbocycles. The summed E-state index contributed by atoms with van der Waals surface area (Å²) in [6.45, 7) is 1.93. The molecule has 0 fully saturated rings. The van der Waals surface area contributed by atoms with E-state index in [1.165, 1.54) is 6.07 Å². The van der Waals surface area contributed by atoms with Crippen LogP contribution in [0.15, 0.2) is 48.5 Å². The highest BCUT2D eigenvalue weighted by Gasteiger charge is 2.15. The Morgan fingerprint density at radius 1 is 1.17 bits per heavy atom. The van der Waals surface area contributed by atoms with Crippen molar-refractivity contribution < 1.29 is 10.0 Å². The summed E-state index contributed by atoms with van der Waals surface area (Å²) in [5.41, 5.74) is 1.81. The highest BCUT2D eigenvalue weighted by atomic mass is 35.5. The van der Waals surface area contributed by atoms with E-state index in [4.69, 9.17) is 11.6 Å². The molecular formula is C14H12ClNO2. The second-order valence-corrected chi connectivity index (χ2v) is 4.40. The van der Waals surface area contributed by atoms with E-state index < -0.39 is 5.91 Å². The first-order valence-electron chi connectivity index (χ1n) is 5.43. The zero-order valence-corrected chi connectivity index (χ0v) is 10.6. The summed E-state index contributed by atoms with van der Waals surface area (Å²) in [6, 6.07) is 13.5. The molecule has 0 spiro atoms. The molecular weight excluding hydrogens is 250 g/mol. The lowest BCUT2D eigenvalue weighted by atomic mass is 10.1. The van der Waals surface area contributed by atoms with E-state index in [0.717, 1.165) is 5.56 Å². The van der Waals surface area contributed by atoms with E-state index in [9.17, 15) is 10.0 Å². The van der Waals surface area contributed by atoms with Crippen LogP contribution >= 0.6 is 11.6 Å². The standard InChI is InChI=1S/C14H12ClNO2/c1-10-5-7-11(8-6-10)14(17)16(18)13-4-2-3-12(15)9-13/h2-9,18H,1H3. The Morgan fingerprint density at radius 2 is 1.83 bits per heavy atom. The number of carbonyl (C=O) groups excluding carboxylic acids is 1. The number of aryl methyl sites for hydroxylation is 1. The molecule has 18 heavy (non-hydrogen) atoms. The highest BCUT2D eigenvalue weighted by molar-refractivity contribution is 6.30. The largest absolute Gasteiger partial charge is 0.281 e. The van der Waals surface area contributed by atoms with Crippen LogP contribution in [0.1, 0.15) is 15.9 Å². The van der Waals surface area contributed by atoms with Gasteiger partial charge in [-0.05, 0) is 37.3 Å². The third-order valence-electron chi connectivity index (χ3n) is 2.54. The maximum atomic E-state index is 12.0. The summed E-state index contributed by atoms with van der Waals surface area (Å²) in [6.07, 6.45) is 0. The molecule has 0 unspecified atom stereocenters. The van der Waals surface area contributed by atoms with Crippen molar-refractivity contribution in [3.8, 4) is 0 Å². The van der Waals surface area contributed by atoms with Gasteiger partial charge in [0, 0.05) is 10.6 Å². The predicted octanol–water partition coefficient (Wildman–Crippen LogP) is 3.68. The fraction of sp³-hybridized carbons (Fsp3) is 0.0714. The SMILES string of the molecule is Cc1ccc(C(=O)N(O)c2cccc(Cl)c2)cc1. The smallest absolute Gasteiger partial charge is 0.281 e. The van der Waals surface area contributed by atoms with Crippen molar-refractivity contribution in [2.75, 3.05) is 5.06 Å². The second kappa shape index (κ2) is 5.21. The van der Waals surface area contributed by atoms with E-state index in [1.54, 1.807) is 30.3 Å². The quantitative estimate of drug-likeness (QED) is 0.662. The number of hydroxylamine groups is 1. The number of anilines is 1. The zero-order valence-electron chi connectivity index (χ0n) is 9.80. The zero-order chi connectivity index (χ0) is 13.1. The maximum absolute atomic E-state index is 12.0. The van der Waals surface area contributed by atoms with Gasteiger partial charge in [0.05, 0.1) is 5.69 Å². The van der Waals surface area contributed by atoms with E-state index in [0.29, 0.717) is 21.3 Å². The number of halogens is 1. The molecule has 0 aliphatic carbocycles. The second-order valence-electron chi connectivity index (χ2n) is 3.96. The van der Waals surface area contributed by atoms with Crippen LogP contribution in [0.4, 0.5) is 5.69 Å². The average Bonchev–Trinajstić information content (AvgIpc) is 2.38. The number of carbonyl (C=O) groups is 1. The number of nitrogens with zero attached hydrogens (tertiary/aromatic N) is 1. The Kier molecular flexibility index (Phi) is 3.65. The van der Waals surface area contributed by atoms with Gasteiger partial charge in [0.25, 0.3) is 5.91 Å². The van der Waals surface area contributed by atoms with E-state index in [1.807, 2.05) is 19.1 Å². The monoisotopic (exact) mass is 261 g/mol. The van der Waals surface area contributed by atoms with Crippen molar-refractivity contribution in [2.45, 2.75) is 6.92 Å². The molecule has 1 N–H and O–H groups in total. The first-order chi connectivity index (χ1) is 8.58. The lowest BCUT2D eigenvalue weighted by Crippen LogP contribution is -2.26. The summed E-state index contributed by atoms with van der Waals surface area (Å²) in [7, 11) is 0. The number of hydrogen-bond acceptors (Lipinski definition) is 2. The van der Waals surface area contributed by atoms with Gasteiger partial charge in [-0.25, -0.2) is 0 Å². The first-order valence-corrected chi connectivity index (χ1v) is 5.81. The van der Waals surface area contributed by atoms with Crippen LogP contribution in [0.25, 0.3) is 0 Å². The molecule has 0 aromatic heterocycles. The predicted molar refractivity (Wildman–Crippen MR) is 71.2 cm³/mol. The molecule has 1 amide bonds. The first kappa shape index (κ1) is 12.6. The Balaban J connectivity index is 2.26. The van der Waals surface area contributed by atoms with Crippen LogP contribution < -0.4 is 5.06 Å². The summed E-state index contributed by atoms with van der Waals surface area (Å²) in [4.78, 5) is 12.0. The molecule has 0 saturated heterocycles. The van der Waals surface area contributed by atoms with Gasteiger partial charge in [-0.3, -0.25) is 10.0 Å². The van der Waals surface area contributed by atoms with Crippen molar-refractivity contribution >= 4 is 23.2 Å². The van der Waals surface area contributed by atoms with E-state index >= 15 is 0 Å². The highest BCUT2D eigenvalue weighted by Crippen LogP contribution is 2.20. The molecule has 0 aliphatic rings. The minimum absolute atomic E-state index is 0.341. The van der Waals surface area contributed by atoms with Gasteiger partial charge >= 0.3 is 0 Å². The van der Waals surface area contributed by atoms with Crippen molar-refractivity contribution in [2.24, 2.45) is 0 Å². The van der Waals surface area contributed by atoms with Gasteiger partial charge in [0.15, 0.2) is 0 Å². The third kappa shape index (κ3) is 2.70. The topological polar surface area (TPSA) is 40.5 Å². The maximum Gasteiger partial charge on any atom is 0.281 e. The fourth-order valence-corrected chi connectivity index (χ4v) is 1.73. The summed E-state index contributed by atoms with van der Waals surface area (Å²) in [5, 5.41) is 10.9. The molecule has 2 aromatic rings. The van der Waals surface area contributed by atoms with Gasteiger partial charge < -0.3 is 0 Å². The number of rotatable bonds is 2. The molecule has 0 heterocycles. The minimum atomic E-state index is -0.489. The molecule has 0 aliphatic heterocycles. The number of amides is 1. The Hall–Kier alpha value is -1.84. The van der Waals surface area contributed by atoms with Gasteiger partial charge in [-0.1, -0.05) is 35.4 Å². The molecule has 0 radical (unpaired) electrons. The Labute approximate surface area is 110 Å². The van der Waals surface area contributed by atoms with Gasteiger partial charge in [-0.15, -0.1) is 0 Å².